The van der Waals surface area contributed by atoms with Gasteiger partial charge in [-0.05, 0) is 29.7 Å². The van der Waals surface area contributed by atoms with Crippen molar-refractivity contribution in [2.45, 2.75) is 45.6 Å². The predicted octanol–water partition coefficient (Wildman–Crippen LogP) is 2.77. The van der Waals surface area contributed by atoms with Crippen LogP contribution in [-0.4, -0.2) is 29.9 Å². The number of hydrogen-bond donors (Lipinski definition) is 1. The second-order valence-electron chi connectivity index (χ2n) is 6.85. The topological polar surface area (TPSA) is 46.3 Å². The molecule has 3 heteroatoms. The van der Waals surface area contributed by atoms with E-state index >= 15 is 0 Å². The lowest BCUT2D eigenvalue weighted by molar-refractivity contribution is -0.136. The van der Waals surface area contributed by atoms with Crippen molar-refractivity contribution < 1.29 is 4.79 Å². The maximum atomic E-state index is 12.4. The summed E-state index contributed by atoms with van der Waals surface area (Å²) in [5.74, 6) is 0.676. The molecule has 1 aromatic carbocycles. The summed E-state index contributed by atoms with van der Waals surface area (Å²) in [6, 6.07) is 10.2. The third kappa shape index (κ3) is 3.40. The average molecular weight is 274 g/mol. The second kappa shape index (κ2) is 5.96. The minimum Gasteiger partial charge on any atom is -0.341 e. The van der Waals surface area contributed by atoms with E-state index in [1.165, 1.54) is 5.56 Å². The number of carbonyl (C=O) groups excluding carboxylic acids is 1. The highest BCUT2D eigenvalue weighted by atomic mass is 16.2. The van der Waals surface area contributed by atoms with E-state index in [0.29, 0.717) is 5.92 Å². The number of nitrogens with zero attached hydrogens (tertiary/aromatic N) is 1. The molecule has 3 nitrogen and oxygen atoms in total. The molecule has 1 amide bonds. The first-order chi connectivity index (χ1) is 9.39. The molecule has 110 valence electrons. The molecule has 1 atom stereocenters. The summed E-state index contributed by atoms with van der Waals surface area (Å²) in [6.07, 6.45) is 2.07. The van der Waals surface area contributed by atoms with E-state index in [-0.39, 0.29) is 11.3 Å². The maximum Gasteiger partial charge on any atom is 0.240 e. The van der Waals surface area contributed by atoms with Crippen molar-refractivity contribution in [2.24, 2.45) is 11.1 Å². The first-order valence-corrected chi connectivity index (χ1v) is 7.49. The van der Waals surface area contributed by atoms with Crippen LogP contribution in [0, 0.1) is 5.41 Å². The summed E-state index contributed by atoms with van der Waals surface area (Å²) in [4.78, 5) is 14.3. The number of amides is 1. The van der Waals surface area contributed by atoms with Gasteiger partial charge in [-0.25, -0.2) is 0 Å². The molecule has 1 aliphatic rings. The van der Waals surface area contributed by atoms with Crippen LogP contribution in [0.3, 0.4) is 0 Å². The summed E-state index contributed by atoms with van der Waals surface area (Å²) >= 11 is 0. The lowest BCUT2D eigenvalue weighted by Crippen LogP contribution is -2.52. The minimum absolute atomic E-state index is 0.101. The Balaban J connectivity index is 1.93. The first kappa shape index (κ1) is 15.0. The normalized spacial score (nSPS) is 18.9. The Hall–Kier alpha value is -1.35. The van der Waals surface area contributed by atoms with Gasteiger partial charge in [-0.3, -0.25) is 4.79 Å². The molecule has 0 aliphatic carbocycles. The van der Waals surface area contributed by atoms with E-state index in [2.05, 4.69) is 24.3 Å². The summed E-state index contributed by atoms with van der Waals surface area (Å²) in [5, 5.41) is 0. The number of likely N-dealkylation sites (tertiary alicyclic amines) is 1. The van der Waals surface area contributed by atoms with Crippen molar-refractivity contribution in [2.75, 3.05) is 13.1 Å². The highest BCUT2D eigenvalue weighted by Crippen LogP contribution is 2.29. The predicted molar refractivity (Wildman–Crippen MR) is 82.4 cm³/mol. The Kier molecular flexibility index (Phi) is 4.48. The smallest absolute Gasteiger partial charge is 0.240 e. The van der Waals surface area contributed by atoms with Crippen molar-refractivity contribution in [1.29, 1.82) is 0 Å². The van der Waals surface area contributed by atoms with E-state index < -0.39 is 6.04 Å². The van der Waals surface area contributed by atoms with E-state index in [4.69, 9.17) is 5.73 Å². The van der Waals surface area contributed by atoms with Gasteiger partial charge in [0.05, 0.1) is 6.04 Å². The molecular formula is C17H26N2O. The molecule has 0 saturated carbocycles. The van der Waals surface area contributed by atoms with Crippen LogP contribution < -0.4 is 5.73 Å². The third-order valence-corrected chi connectivity index (χ3v) is 4.28. The summed E-state index contributed by atoms with van der Waals surface area (Å²) in [6.45, 7) is 7.70. The van der Waals surface area contributed by atoms with Crippen LogP contribution in [-0.2, 0) is 4.79 Å². The van der Waals surface area contributed by atoms with E-state index in [1.807, 2.05) is 31.7 Å². The molecule has 0 unspecified atom stereocenters. The zero-order valence-corrected chi connectivity index (χ0v) is 12.8. The summed E-state index contributed by atoms with van der Waals surface area (Å²) in [5.41, 5.74) is 7.30. The van der Waals surface area contributed by atoms with Crippen LogP contribution in [0.2, 0.25) is 0 Å². The molecule has 1 heterocycles. The molecule has 1 saturated heterocycles. The van der Waals surface area contributed by atoms with Gasteiger partial charge >= 0.3 is 0 Å². The monoisotopic (exact) mass is 274 g/mol. The van der Waals surface area contributed by atoms with Crippen LogP contribution in [0.4, 0.5) is 0 Å². The number of carbonyl (C=O) groups is 1. The van der Waals surface area contributed by atoms with Crippen LogP contribution in [0.1, 0.15) is 45.1 Å². The SMILES string of the molecule is CC(C)(C)[C@H](N)C(=O)N1CCC(c2ccccc2)CC1. The molecular weight excluding hydrogens is 248 g/mol. The van der Waals surface area contributed by atoms with Gasteiger partial charge in [0.2, 0.25) is 5.91 Å². The highest BCUT2D eigenvalue weighted by molar-refractivity contribution is 5.82. The van der Waals surface area contributed by atoms with Gasteiger partial charge < -0.3 is 10.6 Å². The number of benzene rings is 1. The molecule has 2 rings (SSSR count). The molecule has 2 N–H and O–H groups in total. The van der Waals surface area contributed by atoms with Crippen LogP contribution in [0.15, 0.2) is 30.3 Å². The Bertz CT molecular complexity index is 442. The van der Waals surface area contributed by atoms with Crippen molar-refractivity contribution in [3.63, 3.8) is 0 Å². The largest absolute Gasteiger partial charge is 0.341 e. The number of hydrogen-bond acceptors (Lipinski definition) is 2. The Morgan fingerprint density at radius 1 is 1.20 bits per heavy atom. The Labute approximate surface area is 122 Å². The zero-order valence-electron chi connectivity index (χ0n) is 12.8. The van der Waals surface area contributed by atoms with E-state index in [1.54, 1.807) is 0 Å². The van der Waals surface area contributed by atoms with Gasteiger partial charge in [0.25, 0.3) is 0 Å². The lowest BCUT2D eigenvalue weighted by Gasteiger charge is -2.36. The van der Waals surface area contributed by atoms with Crippen molar-refractivity contribution in [1.82, 2.24) is 4.90 Å². The molecule has 20 heavy (non-hydrogen) atoms. The van der Waals surface area contributed by atoms with Crippen LogP contribution in [0.5, 0.6) is 0 Å². The van der Waals surface area contributed by atoms with E-state index in [9.17, 15) is 4.79 Å². The zero-order chi connectivity index (χ0) is 14.8. The molecule has 1 aliphatic heterocycles. The maximum absolute atomic E-state index is 12.4. The van der Waals surface area contributed by atoms with Gasteiger partial charge in [0, 0.05) is 13.1 Å². The number of piperidine rings is 1. The van der Waals surface area contributed by atoms with Gasteiger partial charge in [-0.1, -0.05) is 51.1 Å². The van der Waals surface area contributed by atoms with Crippen molar-refractivity contribution >= 4 is 5.91 Å². The molecule has 0 bridgehead atoms. The standard InChI is InChI=1S/C17H26N2O/c1-17(2,3)15(18)16(20)19-11-9-14(10-12-19)13-7-5-4-6-8-13/h4-8,14-15H,9-12,18H2,1-3H3/t15-/m1/s1. The molecule has 1 aromatic rings. The second-order valence-corrected chi connectivity index (χ2v) is 6.85. The minimum atomic E-state index is -0.407. The summed E-state index contributed by atoms with van der Waals surface area (Å²) < 4.78 is 0. The fourth-order valence-corrected chi connectivity index (χ4v) is 2.73. The fourth-order valence-electron chi connectivity index (χ4n) is 2.73. The third-order valence-electron chi connectivity index (χ3n) is 4.28. The van der Waals surface area contributed by atoms with Crippen molar-refractivity contribution in [3.05, 3.63) is 35.9 Å². The summed E-state index contributed by atoms with van der Waals surface area (Å²) in [7, 11) is 0. The van der Waals surface area contributed by atoms with Crippen LogP contribution >= 0.6 is 0 Å². The Morgan fingerprint density at radius 2 is 1.75 bits per heavy atom. The van der Waals surface area contributed by atoms with Crippen LogP contribution in [0.25, 0.3) is 0 Å². The molecule has 0 spiro atoms. The Morgan fingerprint density at radius 3 is 2.25 bits per heavy atom. The van der Waals surface area contributed by atoms with Gasteiger partial charge in [0.15, 0.2) is 0 Å². The number of nitrogens with two attached hydrogens (primary N) is 1. The fraction of sp³-hybridized carbons (Fsp3) is 0.588. The molecule has 0 radical (unpaired) electrons. The average Bonchev–Trinajstić information content (AvgIpc) is 2.46. The molecule has 0 aromatic heterocycles. The lowest BCUT2D eigenvalue weighted by atomic mass is 9.85. The first-order valence-electron chi connectivity index (χ1n) is 7.49. The number of rotatable bonds is 2. The van der Waals surface area contributed by atoms with Crippen molar-refractivity contribution in [3.8, 4) is 0 Å². The van der Waals surface area contributed by atoms with Gasteiger partial charge in [-0.2, -0.15) is 0 Å². The molecule has 1 fully saturated rings. The highest BCUT2D eigenvalue weighted by Gasteiger charge is 2.33. The van der Waals surface area contributed by atoms with E-state index in [0.717, 1.165) is 25.9 Å². The quantitative estimate of drug-likeness (QED) is 0.901. The van der Waals surface area contributed by atoms with Gasteiger partial charge in [-0.15, -0.1) is 0 Å². The van der Waals surface area contributed by atoms with Gasteiger partial charge in [0.1, 0.15) is 0 Å².